The molecule has 0 radical (unpaired) electrons. The number of amides is 1. The van der Waals surface area contributed by atoms with Crippen molar-refractivity contribution < 1.29 is 15.0 Å². The van der Waals surface area contributed by atoms with Crippen molar-refractivity contribution in [3.63, 3.8) is 0 Å². The van der Waals surface area contributed by atoms with E-state index in [2.05, 4.69) is 5.32 Å². The van der Waals surface area contributed by atoms with E-state index < -0.39 is 11.5 Å². The number of nitrogens with one attached hydrogen (secondary N) is 1. The molecule has 0 bridgehead atoms. The van der Waals surface area contributed by atoms with Crippen LogP contribution < -0.4 is 5.32 Å². The van der Waals surface area contributed by atoms with Gasteiger partial charge in [0.2, 0.25) is 0 Å². The summed E-state index contributed by atoms with van der Waals surface area (Å²) in [6.45, 7) is 5.81. The molecule has 0 saturated carbocycles. The second kappa shape index (κ2) is 6.26. The third-order valence-corrected chi connectivity index (χ3v) is 2.92. The molecule has 0 aliphatic rings. The summed E-state index contributed by atoms with van der Waals surface area (Å²) in [5.41, 5.74) is -0.823. The topological polar surface area (TPSA) is 69.6 Å². The Labute approximate surface area is 118 Å². The molecule has 106 valence electrons. The van der Waals surface area contributed by atoms with E-state index in [0.29, 0.717) is 17.4 Å². The minimum atomic E-state index is -0.966. The van der Waals surface area contributed by atoms with Crippen LogP contribution in [0.4, 0.5) is 0 Å². The molecule has 4 nitrogen and oxygen atoms in total. The lowest BCUT2D eigenvalue weighted by Gasteiger charge is -2.25. The molecule has 1 atom stereocenters. The van der Waals surface area contributed by atoms with Crippen molar-refractivity contribution in [3.8, 4) is 5.75 Å². The number of carbonyl (C=O) groups excluding carboxylic acids is 1. The van der Waals surface area contributed by atoms with E-state index in [4.69, 9.17) is 11.6 Å². The molecule has 0 aliphatic heterocycles. The summed E-state index contributed by atoms with van der Waals surface area (Å²) in [5, 5.41) is 22.7. The predicted molar refractivity (Wildman–Crippen MR) is 75.5 cm³/mol. The van der Waals surface area contributed by atoms with Gasteiger partial charge in [-0.1, -0.05) is 25.4 Å². The quantitative estimate of drug-likeness (QED) is 0.779. The summed E-state index contributed by atoms with van der Waals surface area (Å²) in [6, 6.07) is 4.29. The van der Waals surface area contributed by atoms with Gasteiger partial charge >= 0.3 is 0 Å². The minimum absolute atomic E-state index is 0.131. The lowest BCUT2D eigenvalue weighted by atomic mass is 9.94. The summed E-state index contributed by atoms with van der Waals surface area (Å²) < 4.78 is 0. The van der Waals surface area contributed by atoms with Gasteiger partial charge in [-0.25, -0.2) is 0 Å². The first-order chi connectivity index (χ1) is 8.71. The van der Waals surface area contributed by atoms with Gasteiger partial charge in [-0.15, -0.1) is 0 Å². The van der Waals surface area contributed by atoms with Crippen LogP contribution in [-0.4, -0.2) is 28.3 Å². The summed E-state index contributed by atoms with van der Waals surface area (Å²) in [4.78, 5) is 11.9. The standard InChI is InChI=1S/C14H20ClNO3/c1-9(2)7-14(3,19)8-16-13(18)11-5-4-10(15)6-12(11)17/h4-6,9,17,19H,7-8H2,1-3H3,(H,16,18). The Hall–Kier alpha value is -1.26. The zero-order valence-corrected chi connectivity index (χ0v) is 12.2. The van der Waals surface area contributed by atoms with Crippen molar-refractivity contribution >= 4 is 17.5 Å². The Bertz CT molecular complexity index is 458. The maximum Gasteiger partial charge on any atom is 0.255 e. The average Bonchev–Trinajstić information content (AvgIpc) is 2.24. The third kappa shape index (κ3) is 5.09. The Morgan fingerprint density at radius 3 is 2.63 bits per heavy atom. The molecule has 0 aromatic heterocycles. The molecule has 1 aromatic carbocycles. The van der Waals surface area contributed by atoms with Crippen LogP contribution in [0, 0.1) is 5.92 Å². The predicted octanol–water partition coefficient (Wildman–Crippen LogP) is 2.57. The third-order valence-electron chi connectivity index (χ3n) is 2.68. The normalized spacial score (nSPS) is 14.2. The highest BCUT2D eigenvalue weighted by Gasteiger charge is 2.23. The van der Waals surface area contributed by atoms with Crippen LogP contribution in [-0.2, 0) is 0 Å². The molecule has 1 amide bonds. The fourth-order valence-electron chi connectivity index (χ4n) is 2.01. The van der Waals surface area contributed by atoms with Gasteiger partial charge in [0, 0.05) is 11.6 Å². The molecule has 19 heavy (non-hydrogen) atoms. The van der Waals surface area contributed by atoms with Crippen LogP contribution in [0.15, 0.2) is 18.2 Å². The number of carbonyl (C=O) groups is 1. The Morgan fingerprint density at radius 2 is 2.11 bits per heavy atom. The van der Waals surface area contributed by atoms with Gasteiger partial charge in [0.1, 0.15) is 5.75 Å². The average molecular weight is 286 g/mol. The van der Waals surface area contributed by atoms with Crippen molar-refractivity contribution in [2.24, 2.45) is 5.92 Å². The molecule has 3 N–H and O–H groups in total. The number of aliphatic hydroxyl groups is 1. The summed E-state index contributed by atoms with van der Waals surface area (Å²) in [5.74, 6) is -0.275. The maximum atomic E-state index is 11.9. The van der Waals surface area contributed by atoms with Gasteiger partial charge in [-0.3, -0.25) is 4.79 Å². The van der Waals surface area contributed by atoms with Crippen molar-refractivity contribution in [2.75, 3.05) is 6.54 Å². The SMILES string of the molecule is CC(C)CC(C)(O)CNC(=O)c1ccc(Cl)cc1O. The minimum Gasteiger partial charge on any atom is -0.507 e. The summed E-state index contributed by atoms with van der Waals surface area (Å²) in [7, 11) is 0. The fraction of sp³-hybridized carbons (Fsp3) is 0.500. The first kappa shape index (κ1) is 15.8. The first-order valence-corrected chi connectivity index (χ1v) is 6.58. The Morgan fingerprint density at radius 1 is 1.47 bits per heavy atom. The number of phenols is 1. The van der Waals surface area contributed by atoms with E-state index in [1.54, 1.807) is 6.92 Å². The largest absolute Gasteiger partial charge is 0.507 e. The number of benzene rings is 1. The van der Waals surface area contributed by atoms with Crippen molar-refractivity contribution in [3.05, 3.63) is 28.8 Å². The van der Waals surface area contributed by atoms with Crippen molar-refractivity contribution in [2.45, 2.75) is 32.8 Å². The first-order valence-electron chi connectivity index (χ1n) is 6.20. The lowest BCUT2D eigenvalue weighted by molar-refractivity contribution is 0.0368. The number of rotatable bonds is 5. The molecule has 0 saturated heterocycles. The highest BCUT2D eigenvalue weighted by molar-refractivity contribution is 6.30. The molecular weight excluding hydrogens is 266 g/mol. The number of hydrogen-bond donors (Lipinski definition) is 3. The number of hydrogen-bond acceptors (Lipinski definition) is 3. The van der Waals surface area contributed by atoms with E-state index in [0.717, 1.165) is 0 Å². The van der Waals surface area contributed by atoms with Crippen LogP contribution in [0.1, 0.15) is 37.6 Å². The van der Waals surface area contributed by atoms with Gasteiger partial charge in [0.25, 0.3) is 5.91 Å². The molecule has 1 rings (SSSR count). The maximum absolute atomic E-state index is 11.9. The molecule has 0 heterocycles. The van der Waals surface area contributed by atoms with E-state index in [1.807, 2.05) is 13.8 Å². The van der Waals surface area contributed by atoms with Gasteiger partial charge < -0.3 is 15.5 Å². The van der Waals surface area contributed by atoms with Gasteiger partial charge in [-0.05, 0) is 37.5 Å². The summed E-state index contributed by atoms with van der Waals surface area (Å²) >= 11 is 5.70. The van der Waals surface area contributed by atoms with Crippen LogP contribution in [0.2, 0.25) is 5.02 Å². The lowest BCUT2D eigenvalue weighted by Crippen LogP contribution is -2.41. The Balaban J connectivity index is 2.65. The number of aromatic hydroxyl groups is 1. The fourth-order valence-corrected chi connectivity index (χ4v) is 2.18. The molecular formula is C14H20ClNO3. The smallest absolute Gasteiger partial charge is 0.255 e. The van der Waals surface area contributed by atoms with Gasteiger partial charge in [0.15, 0.2) is 0 Å². The second-order valence-corrected chi connectivity index (χ2v) is 5.88. The molecule has 1 unspecified atom stereocenters. The summed E-state index contributed by atoms with van der Waals surface area (Å²) in [6.07, 6.45) is 0.583. The molecule has 0 aliphatic carbocycles. The van der Waals surface area contributed by atoms with E-state index in [-0.39, 0.29) is 17.9 Å². The van der Waals surface area contributed by atoms with Crippen molar-refractivity contribution in [1.82, 2.24) is 5.32 Å². The molecule has 0 fully saturated rings. The molecule has 0 spiro atoms. The van der Waals surface area contributed by atoms with Crippen molar-refractivity contribution in [1.29, 1.82) is 0 Å². The Kier molecular flexibility index (Phi) is 5.20. The van der Waals surface area contributed by atoms with Crippen LogP contribution in [0.25, 0.3) is 0 Å². The second-order valence-electron chi connectivity index (χ2n) is 5.44. The number of halogens is 1. The molecule has 1 aromatic rings. The van der Waals surface area contributed by atoms with E-state index >= 15 is 0 Å². The molecule has 5 heteroatoms. The van der Waals surface area contributed by atoms with Crippen LogP contribution >= 0.6 is 11.6 Å². The van der Waals surface area contributed by atoms with Crippen LogP contribution in [0.3, 0.4) is 0 Å². The van der Waals surface area contributed by atoms with Crippen LogP contribution in [0.5, 0.6) is 5.75 Å². The monoisotopic (exact) mass is 285 g/mol. The zero-order chi connectivity index (χ0) is 14.6. The highest BCUT2D eigenvalue weighted by atomic mass is 35.5. The van der Waals surface area contributed by atoms with Gasteiger partial charge in [0.05, 0.1) is 11.2 Å². The van der Waals surface area contributed by atoms with E-state index in [9.17, 15) is 15.0 Å². The van der Waals surface area contributed by atoms with Gasteiger partial charge in [-0.2, -0.15) is 0 Å². The van der Waals surface area contributed by atoms with E-state index in [1.165, 1.54) is 18.2 Å². The highest BCUT2D eigenvalue weighted by Crippen LogP contribution is 2.22. The zero-order valence-electron chi connectivity index (χ0n) is 11.4. The number of phenolic OH excluding ortho intramolecular Hbond substituents is 1.